The molecule has 1 unspecified atom stereocenters. The van der Waals surface area contributed by atoms with Gasteiger partial charge < -0.3 is 10.2 Å². The summed E-state index contributed by atoms with van der Waals surface area (Å²) in [5.41, 5.74) is 2.85. The highest BCUT2D eigenvalue weighted by Gasteiger charge is 2.22. The number of carbonyl (C=O) groups excluding carboxylic acids is 1. The second-order valence-corrected chi connectivity index (χ2v) is 5.17. The predicted octanol–water partition coefficient (Wildman–Crippen LogP) is 1.29. The number of thiazole rings is 1. The Morgan fingerprint density at radius 2 is 2.59 bits per heavy atom. The van der Waals surface area contributed by atoms with E-state index in [1.165, 1.54) is 6.42 Å². The lowest BCUT2D eigenvalue weighted by atomic mass is 10.1. The molecule has 1 fully saturated rings. The van der Waals surface area contributed by atoms with Gasteiger partial charge >= 0.3 is 0 Å². The number of carbonyl (C=O) groups is 1. The molecule has 1 atom stereocenters. The van der Waals surface area contributed by atoms with Gasteiger partial charge in [-0.05, 0) is 26.3 Å². The number of amides is 1. The van der Waals surface area contributed by atoms with E-state index in [4.69, 9.17) is 0 Å². The standard InChI is InChI=1S/C12H19N3OS/c1-13-10-3-2-6-15(7-10)12(16)5-4-11-8-17-9-14-11/h8-10,13H,2-7H2,1H3. The Hall–Kier alpha value is -0.940. The molecule has 0 radical (unpaired) electrons. The molecule has 94 valence electrons. The fourth-order valence-corrected chi connectivity index (χ4v) is 2.79. The lowest BCUT2D eigenvalue weighted by molar-refractivity contribution is -0.132. The van der Waals surface area contributed by atoms with Crippen LogP contribution in [-0.2, 0) is 11.2 Å². The van der Waals surface area contributed by atoms with Gasteiger partial charge in [0.15, 0.2) is 0 Å². The maximum absolute atomic E-state index is 12.0. The molecule has 1 aromatic heterocycles. The molecule has 1 aliphatic heterocycles. The molecule has 0 aromatic carbocycles. The lowest BCUT2D eigenvalue weighted by Crippen LogP contribution is -2.47. The number of aryl methyl sites for hydroxylation is 1. The molecule has 4 nitrogen and oxygen atoms in total. The summed E-state index contributed by atoms with van der Waals surface area (Å²) in [5, 5.41) is 5.27. The number of likely N-dealkylation sites (N-methyl/N-ethyl adjacent to an activating group) is 1. The number of nitrogens with one attached hydrogen (secondary N) is 1. The van der Waals surface area contributed by atoms with Gasteiger partial charge in [0.05, 0.1) is 11.2 Å². The molecule has 1 amide bonds. The summed E-state index contributed by atoms with van der Waals surface area (Å²) in [6.45, 7) is 1.76. The Labute approximate surface area is 106 Å². The van der Waals surface area contributed by atoms with Gasteiger partial charge in [0, 0.05) is 30.9 Å². The minimum Gasteiger partial charge on any atom is -0.341 e. The van der Waals surface area contributed by atoms with Crippen LogP contribution in [0.15, 0.2) is 10.9 Å². The molecule has 5 heteroatoms. The molecule has 1 N–H and O–H groups in total. The van der Waals surface area contributed by atoms with Crippen LogP contribution in [0, 0.1) is 0 Å². The number of hydrogen-bond donors (Lipinski definition) is 1. The van der Waals surface area contributed by atoms with Crippen LogP contribution in [0.4, 0.5) is 0 Å². The molecule has 0 saturated carbocycles. The SMILES string of the molecule is CNC1CCCN(C(=O)CCc2cscn2)C1. The number of hydrogen-bond acceptors (Lipinski definition) is 4. The van der Waals surface area contributed by atoms with E-state index in [0.717, 1.165) is 31.6 Å². The molecular weight excluding hydrogens is 234 g/mol. The van der Waals surface area contributed by atoms with Crippen molar-refractivity contribution in [2.24, 2.45) is 0 Å². The van der Waals surface area contributed by atoms with Crippen LogP contribution in [-0.4, -0.2) is 42.0 Å². The van der Waals surface area contributed by atoms with Gasteiger partial charge in [-0.2, -0.15) is 0 Å². The van der Waals surface area contributed by atoms with E-state index in [-0.39, 0.29) is 5.91 Å². The summed E-state index contributed by atoms with van der Waals surface area (Å²) < 4.78 is 0. The van der Waals surface area contributed by atoms with Crippen LogP contribution >= 0.6 is 11.3 Å². The highest BCUT2D eigenvalue weighted by Crippen LogP contribution is 2.12. The first-order valence-electron chi connectivity index (χ1n) is 6.11. The topological polar surface area (TPSA) is 45.2 Å². The highest BCUT2D eigenvalue weighted by molar-refractivity contribution is 7.07. The van der Waals surface area contributed by atoms with E-state index in [1.54, 1.807) is 11.3 Å². The zero-order valence-corrected chi connectivity index (χ0v) is 11.0. The monoisotopic (exact) mass is 253 g/mol. The van der Waals surface area contributed by atoms with E-state index in [9.17, 15) is 4.79 Å². The van der Waals surface area contributed by atoms with E-state index in [2.05, 4.69) is 10.3 Å². The lowest BCUT2D eigenvalue weighted by Gasteiger charge is -2.32. The van der Waals surface area contributed by atoms with Crippen molar-refractivity contribution in [2.75, 3.05) is 20.1 Å². The Balaban J connectivity index is 1.79. The Morgan fingerprint density at radius 3 is 3.29 bits per heavy atom. The predicted molar refractivity (Wildman–Crippen MR) is 69.1 cm³/mol. The highest BCUT2D eigenvalue weighted by atomic mass is 32.1. The van der Waals surface area contributed by atoms with Gasteiger partial charge in [0.2, 0.25) is 5.91 Å². The average molecular weight is 253 g/mol. The Morgan fingerprint density at radius 1 is 1.71 bits per heavy atom. The fourth-order valence-electron chi connectivity index (χ4n) is 2.19. The van der Waals surface area contributed by atoms with Crippen molar-refractivity contribution in [2.45, 2.75) is 31.7 Å². The second-order valence-electron chi connectivity index (χ2n) is 4.45. The second kappa shape index (κ2) is 6.12. The Kier molecular flexibility index (Phi) is 4.50. The normalized spacial score (nSPS) is 20.5. The zero-order chi connectivity index (χ0) is 12.1. The summed E-state index contributed by atoms with van der Waals surface area (Å²) >= 11 is 1.58. The quantitative estimate of drug-likeness (QED) is 0.879. The minimum atomic E-state index is 0.262. The molecule has 2 rings (SSSR count). The van der Waals surface area contributed by atoms with Crippen LogP contribution in [0.3, 0.4) is 0 Å². The third-order valence-corrected chi connectivity index (χ3v) is 3.90. The molecule has 0 spiro atoms. The van der Waals surface area contributed by atoms with Crippen molar-refractivity contribution in [3.63, 3.8) is 0 Å². The van der Waals surface area contributed by atoms with Crippen LogP contribution in [0.5, 0.6) is 0 Å². The number of likely N-dealkylation sites (tertiary alicyclic amines) is 1. The van der Waals surface area contributed by atoms with Crippen molar-refractivity contribution in [1.29, 1.82) is 0 Å². The van der Waals surface area contributed by atoms with Crippen molar-refractivity contribution in [3.8, 4) is 0 Å². The molecule has 0 bridgehead atoms. The van der Waals surface area contributed by atoms with E-state index in [1.807, 2.05) is 22.8 Å². The largest absolute Gasteiger partial charge is 0.341 e. The average Bonchev–Trinajstić information content (AvgIpc) is 2.89. The maximum atomic E-state index is 12.0. The fraction of sp³-hybridized carbons (Fsp3) is 0.667. The van der Waals surface area contributed by atoms with Gasteiger partial charge in [0.1, 0.15) is 0 Å². The first kappa shape index (κ1) is 12.5. The van der Waals surface area contributed by atoms with Crippen molar-refractivity contribution < 1.29 is 4.79 Å². The van der Waals surface area contributed by atoms with Gasteiger partial charge in [-0.1, -0.05) is 0 Å². The van der Waals surface area contributed by atoms with Gasteiger partial charge in [-0.25, -0.2) is 4.98 Å². The van der Waals surface area contributed by atoms with Crippen LogP contribution in [0.1, 0.15) is 25.0 Å². The summed E-state index contributed by atoms with van der Waals surface area (Å²) in [6, 6.07) is 0.465. The number of aromatic nitrogens is 1. The van der Waals surface area contributed by atoms with E-state index in [0.29, 0.717) is 12.5 Å². The van der Waals surface area contributed by atoms with Crippen molar-refractivity contribution >= 4 is 17.2 Å². The summed E-state index contributed by atoms with van der Waals surface area (Å²) in [7, 11) is 1.97. The molecule has 1 aromatic rings. The molecule has 2 heterocycles. The summed E-state index contributed by atoms with van der Waals surface area (Å²) in [4.78, 5) is 18.2. The third kappa shape index (κ3) is 3.51. The van der Waals surface area contributed by atoms with Gasteiger partial charge in [-0.15, -0.1) is 11.3 Å². The molecule has 17 heavy (non-hydrogen) atoms. The molecule has 1 aliphatic rings. The first-order chi connectivity index (χ1) is 8.29. The van der Waals surface area contributed by atoms with Crippen LogP contribution in [0.2, 0.25) is 0 Å². The maximum Gasteiger partial charge on any atom is 0.223 e. The number of nitrogens with zero attached hydrogens (tertiary/aromatic N) is 2. The zero-order valence-electron chi connectivity index (χ0n) is 10.2. The third-order valence-electron chi connectivity index (χ3n) is 3.26. The number of rotatable bonds is 4. The Bertz CT molecular complexity index is 353. The molecular formula is C12H19N3OS. The smallest absolute Gasteiger partial charge is 0.223 e. The first-order valence-corrected chi connectivity index (χ1v) is 7.06. The van der Waals surface area contributed by atoms with Gasteiger partial charge in [-0.3, -0.25) is 4.79 Å². The van der Waals surface area contributed by atoms with E-state index >= 15 is 0 Å². The molecule has 1 saturated heterocycles. The van der Waals surface area contributed by atoms with Crippen molar-refractivity contribution in [1.82, 2.24) is 15.2 Å². The summed E-state index contributed by atoms with van der Waals surface area (Å²) in [6.07, 6.45) is 3.63. The minimum absolute atomic E-state index is 0.262. The van der Waals surface area contributed by atoms with Crippen LogP contribution in [0.25, 0.3) is 0 Å². The van der Waals surface area contributed by atoms with Crippen molar-refractivity contribution in [3.05, 3.63) is 16.6 Å². The summed E-state index contributed by atoms with van der Waals surface area (Å²) in [5.74, 6) is 0.262. The molecule has 0 aliphatic carbocycles. The van der Waals surface area contributed by atoms with Gasteiger partial charge in [0.25, 0.3) is 0 Å². The van der Waals surface area contributed by atoms with E-state index < -0.39 is 0 Å². The number of piperidine rings is 1. The van der Waals surface area contributed by atoms with Crippen LogP contribution < -0.4 is 5.32 Å².